The third-order valence-corrected chi connectivity index (χ3v) is 6.70. The highest BCUT2D eigenvalue weighted by molar-refractivity contribution is 7.89. The highest BCUT2D eigenvalue weighted by Crippen LogP contribution is 2.28. The highest BCUT2D eigenvalue weighted by atomic mass is 32.2. The molecule has 2 aromatic rings. The van der Waals surface area contributed by atoms with Crippen molar-refractivity contribution in [1.82, 2.24) is 9.62 Å². The molecule has 3 rings (SSSR count). The summed E-state index contributed by atoms with van der Waals surface area (Å²) >= 11 is 1.68. The van der Waals surface area contributed by atoms with Crippen molar-refractivity contribution >= 4 is 21.4 Å². The summed E-state index contributed by atoms with van der Waals surface area (Å²) in [5, 5.41) is 2.04. The zero-order chi connectivity index (χ0) is 17.0. The average molecular weight is 367 g/mol. The Kier molecular flexibility index (Phi) is 5.55. The predicted molar refractivity (Wildman–Crippen MR) is 96.0 cm³/mol. The summed E-state index contributed by atoms with van der Waals surface area (Å²) in [7, 11) is -1.97. The number of ether oxygens (including phenoxy) is 1. The lowest BCUT2D eigenvalue weighted by atomic mass is 10.2. The van der Waals surface area contributed by atoms with Gasteiger partial charge < -0.3 is 4.74 Å². The number of hydrogen-bond acceptors (Lipinski definition) is 5. The summed E-state index contributed by atoms with van der Waals surface area (Å²) in [5.41, 5.74) is 0. The van der Waals surface area contributed by atoms with Gasteiger partial charge in [-0.1, -0.05) is 6.07 Å². The van der Waals surface area contributed by atoms with Crippen molar-refractivity contribution in [2.45, 2.75) is 23.8 Å². The summed E-state index contributed by atoms with van der Waals surface area (Å²) in [4.78, 5) is 3.83. The van der Waals surface area contributed by atoms with Crippen LogP contribution in [0.3, 0.4) is 0 Å². The number of hydrogen-bond donors (Lipinski definition) is 1. The maximum atomic E-state index is 12.6. The van der Waals surface area contributed by atoms with Crippen LogP contribution in [0.15, 0.2) is 46.7 Å². The molecule has 0 saturated carbocycles. The zero-order valence-electron chi connectivity index (χ0n) is 13.6. The van der Waals surface area contributed by atoms with Gasteiger partial charge in [0.25, 0.3) is 0 Å². The van der Waals surface area contributed by atoms with Gasteiger partial charge >= 0.3 is 0 Å². The first-order chi connectivity index (χ1) is 11.6. The molecule has 7 heteroatoms. The van der Waals surface area contributed by atoms with E-state index >= 15 is 0 Å². The fourth-order valence-corrected chi connectivity index (χ4v) is 4.87. The lowest BCUT2D eigenvalue weighted by Crippen LogP contribution is -2.36. The number of nitrogens with one attached hydrogen (secondary N) is 1. The molecule has 1 saturated heterocycles. The van der Waals surface area contributed by atoms with Crippen molar-refractivity contribution in [2.75, 3.05) is 26.7 Å². The van der Waals surface area contributed by atoms with Crippen molar-refractivity contribution in [3.05, 3.63) is 46.7 Å². The fraction of sp³-hybridized carbons (Fsp3) is 0.412. The monoisotopic (exact) mass is 366 g/mol. The molecule has 1 N–H and O–H groups in total. The number of thiophene rings is 1. The molecule has 130 valence electrons. The van der Waals surface area contributed by atoms with E-state index < -0.39 is 10.0 Å². The molecule has 1 atom stereocenters. The molecule has 1 aromatic heterocycles. The molecule has 1 aromatic carbocycles. The minimum absolute atomic E-state index is 0.0977. The first-order valence-electron chi connectivity index (χ1n) is 8.01. The molecule has 1 aliphatic rings. The summed E-state index contributed by atoms with van der Waals surface area (Å²) in [6.07, 6.45) is 2.35. The standard InChI is InChI=1S/C17H22N2O3S2/c1-22-14-6-8-15(9-7-14)24(20,21)18-13-16(17-5-4-12-23-17)19-10-2-3-11-19/h4-9,12,16,18H,2-3,10-11,13H2,1H3. The lowest BCUT2D eigenvalue weighted by Gasteiger charge is -2.26. The van der Waals surface area contributed by atoms with E-state index in [4.69, 9.17) is 4.74 Å². The maximum absolute atomic E-state index is 12.6. The van der Waals surface area contributed by atoms with E-state index in [0.717, 1.165) is 13.1 Å². The van der Waals surface area contributed by atoms with Gasteiger partial charge in [0.15, 0.2) is 0 Å². The van der Waals surface area contributed by atoms with Crippen molar-refractivity contribution in [3.8, 4) is 5.75 Å². The number of nitrogens with zero attached hydrogens (tertiary/aromatic N) is 1. The second-order valence-electron chi connectivity index (χ2n) is 5.80. The Morgan fingerprint density at radius 1 is 1.21 bits per heavy atom. The molecule has 1 unspecified atom stereocenters. The Balaban J connectivity index is 1.73. The molecule has 5 nitrogen and oxygen atoms in total. The number of benzene rings is 1. The number of rotatable bonds is 7. The van der Waals surface area contributed by atoms with Gasteiger partial charge in [0.1, 0.15) is 5.75 Å². The number of sulfonamides is 1. The minimum atomic E-state index is -3.53. The van der Waals surface area contributed by atoms with E-state index in [1.807, 2.05) is 11.4 Å². The third kappa shape index (κ3) is 3.97. The summed E-state index contributed by atoms with van der Waals surface area (Å²) < 4.78 is 33.0. The molecular weight excluding hydrogens is 344 g/mol. The van der Waals surface area contributed by atoms with Crippen LogP contribution in [0.5, 0.6) is 5.75 Å². The first-order valence-corrected chi connectivity index (χ1v) is 10.4. The van der Waals surface area contributed by atoms with Crippen LogP contribution < -0.4 is 9.46 Å². The van der Waals surface area contributed by atoms with Gasteiger partial charge in [-0.05, 0) is 61.6 Å². The molecule has 24 heavy (non-hydrogen) atoms. The third-order valence-electron chi connectivity index (χ3n) is 4.29. The largest absolute Gasteiger partial charge is 0.497 e. The molecule has 0 radical (unpaired) electrons. The fourth-order valence-electron chi connectivity index (χ4n) is 2.97. The Labute approximate surface area is 147 Å². The Hall–Kier alpha value is -1.41. The Morgan fingerprint density at radius 3 is 2.50 bits per heavy atom. The Morgan fingerprint density at radius 2 is 1.92 bits per heavy atom. The maximum Gasteiger partial charge on any atom is 0.240 e. The van der Waals surface area contributed by atoms with Gasteiger partial charge in [-0.3, -0.25) is 4.90 Å². The van der Waals surface area contributed by atoms with Crippen LogP contribution in [-0.2, 0) is 10.0 Å². The smallest absolute Gasteiger partial charge is 0.240 e. The van der Waals surface area contributed by atoms with Crippen molar-refractivity contribution in [2.24, 2.45) is 0 Å². The van der Waals surface area contributed by atoms with Gasteiger partial charge in [0.05, 0.1) is 18.0 Å². The summed E-state index contributed by atoms with van der Waals surface area (Å²) in [5.74, 6) is 0.641. The normalized spacial score (nSPS) is 17.0. The number of likely N-dealkylation sites (tertiary alicyclic amines) is 1. The molecule has 2 heterocycles. The molecule has 0 spiro atoms. The van der Waals surface area contributed by atoms with E-state index in [2.05, 4.69) is 15.7 Å². The molecule has 0 bridgehead atoms. The van der Waals surface area contributed by atoms with Gasteiger partial charge in [-0.15, -0.1) is 11.3 Å². The molecule has 0 amide bonds. The van der Waals surface area contributed by atoms with E-state index in [9.17, 15) is 8.42 Å². The van der Waals surface area contributed by atoms with Crippen molar-refractivity contribution in [1.29, 1.82) is 0 Å². The van der Waals surface area contributed by atoms with E-state index in [1.165, 1.54) is 17.7 Å². The first kappa shape index (κ1) is 17.4. The van der Waals surface area contributed by atoms with Crippen LogP contribution in [0.2, 0.25) is 0 Å². The van der Waals surface area contributed by atoms with Crippen LogP contribution in [0.25, 0.3) is 0 Å². The van der Waals surface area contributed by atoms with Crippen LogP contribution >= 0.6 is 11.3 Å². The van der Waals surface area contributed by atoms with Gasteiger partial charge in [-0.2, -0.15) is 0 Å². The zero-order valence-corrected chi connectivity index (χ0v) is 15.3. The van der Waals surface area contributed by atoms with E-state index in [1.54, 1.807) is 42.7 Å². The van der Waals surface area contributed by atoms with Crippen LogP contribution in [0, 0.1) is 0 Å². The highest BCUT2D eigenvalue weighted by Gasteiger charge is 2.26. The van der Waals surface area contributed by atoms with Crippen LogP contribution in [0.1, 0.15) is 23.8 Å². The van der Waals surface area contributed by atoms with Crippen LogP contribution in [0.4, 0.5) is 0 Å². The lowest BCUT2D eigenvalue weighted by molar-refractivity contribution is 0.250. The van der Waals surface area contributed by atoms with Gasteiger partial charge in [0, 0.05) is 11.4 Å². The van der Waals surface area contributed by atoms with Crippen LogP contribution in [-0.4, -0.2) is 40.1 Å². The summed E-state index contributed by atoms with van der Waals surface area (Å²) in [6.45, 7) is 2.43. The molecule has 1 fully saturated rings. The van der Waals surface area contributed by atoms with Gasteiger partial charge in [0.2, 0.25) is 10.0 Å². The van der Waals surface area contributed by atoms with E-state index in [0.29, 0.717) is 12.3 Å². The second kappa shape index (κ2) is 7.65. The second-order valence-corrected chi connectivity index (χ2v) is 8.55. The quantitative estimate of drug-likeness (QED) is 0.819. The van der Waals surface area contributed by atoms with Crippen molar-refractivity contribution < 1.29 is 13.2 Å². The SMILES string of the molecule is COc1ccc(S(=O)(=O)NCC(c2cccs2)N2CCCC2)cc1. The molecular formula is C17H22N2O3S2. The van der Waals surface area contributed by atoms with E-state index in [-0.39, 0.29) is 10.9 Å². The van der Waals surface area contributed by atoms with Gasteiger partial charge in [-0.25, -0.2) is 13.1 Å². The Bertz CT molecular complexity index is 737. The van der Waals surface area contributed by atoms with Crippen molar-refractivity contribution in [3.63, 3.8) is 0 Å². The topological polar surface area (TPSA) is 58.6 Å². The average Bonchev–Trinajstić information content (AvgIpc) is 3.29. The minimum Gasteiger partial charge on any atom is -0.497 e. The predicted octanol–water partition coefficient (Wildman–Crippen LogP) is 2.87. The molecule has 1 aliphatic heterocycles. The molecule has 0 aliphatic carbocycles. The number of methoxy groups -OCH3 is 1. The summed E-state index contributed by atoms with van der Waals surface area (Å²) in [6, 6.07) is 10.6.